The van der Waals surface area contributed by atoms with Gasteiger partial charge >= 0.3 is 0 Å². The number of rotatable bonds is 17. The van der Waals surface area contributed by atoms with Crippen molar-refractivity contribution in [2.75, 3.05) is 26.9 Å². The average Bonchev–Trinajstić information content (AvgIpc) is 2.67. The van der Waals surface area contributed by atoms with E-state index >= 15 is 0 Å². The van der Waals surface area contributed by atoms with Gasteiger partial charge in [-0.15, -0.1) is 0 Å². The van der Waals surface area contributed by atoms with Gasteiger partial charge in [-0.25, -0.2) is 0 Å². The van der Waals surface area contributed by atoms with Gasteiger partial charge in [-0.3, -0.25) is 4.55 Å². The first kappa shape index (κ1) is 30.1. The molecule has 4 nitrogen and oxygen atoms in total. The number of quaternary nitrogens is 1. The number of hydrogen-bond acceptors (Lipinski definition) is 2. The van der Waals surface area contributed by atoms with Gasteiger partial charge in [0.1, 0.15) is 6.54 Å². The van der Waals surface area contributed by atoms with Crippen molar-refractivity contribution in [3.63, 3.8) is 0 Å². The Hall–Kier alpha value is -0.910. The Bertz CT molecular complexity index is 607. The maximum absolute atomic E-state index is 9.19. The first-order chi connectivity index (χ1) is 14.6. The minimum atomic E-state index is -3.67. The summed E-state index contributed by atoms with van der Waals surface area (Å²) in [5, 5.41) is 0. The molecule has 5 heteroatoms. The molecule has 0 saturated heterocycles. The van der Waals surface area contributed by atoms with E-state index in [1.165, 1.54) is 102 Å². The van der Waals surface area contributed by atoms with Gasteiger partial charge in [0.15, 0.2) is 0 Å². The van der Waals surface area contributed by atoms with Crippen LogP contribution < -0.4 is 0 Å². The molecule has 1 N–H and O–H groups in total. The molecule has 31 heavy (non-hydrogen) atoms. The van der Waals surface area contributed by atoms with E-state index in [1.54, 1.807) is 0 Å². The lowest BCUT2D eigenvalue weighted by Crippen LogP contribution is -2.39. The van der Waals surface area contributed by atoms with Crippen LogP contribution in [0.2, 0.25) is 0 Å². The molecule has 0 amide bonds. The first-order valence-corrected chi connectivity index (χ1v) is 14.3. The molecule has 0 spiro atoms. The Morgan fingerprint density at radius 3 is 1.45 bits per heavy atom. The van der Waals surface area contributed by atoms with Crippen molar-refractivity contribution < 1.29 is 17.5 Å². The molecule has 0 aliphatic rings. The third-order valence-corrected chi connectivity index (χ3v) is 5.57. The maximum Gasteiger partial charge on any atom is 0.261 e. The van der Waals surface area contributed by atoms with Crippen molar-refractivity contribution >= 4 is 10.1 Å². The second-order valence-electron chi connectivity index (χ2n) is 9.63. The highest BCUT2D eigenvalue weighted by atomic mass is 32.2. The highest BCUT2D eigenvalue weighted by Crippen LogP contribution is 2.15. The fourth-order valence-electron chi connectivity index (χ4n) is 3.89. The molecule has 0 radical (unpaired) electrons. The Balaban J connectivity index is 0.00000161. The van der Waals surface area contributed by atoms with E-state index in [1.807, 2.05) is 0 Å². The summed E-state index contributed by atoms with van der Waals surface area (Å²) in [6, 6.07) is 10.9. The summed E-state index contributed by atoms with van der Waals surface area (Å²) in [6.07, 6.45) is 20.9. The van der Waals surface area contributed by atoms with Crippen molar-refractivity contribution in [1.82, 2.24) is 0 Å². The lowest BCUT2D eigenvalue weighted by molar-refractivity contribution is -0.903. The molecule has 0 aliphatic carbocycles. The second-order valence-corrected chi connectivity index (χ2v) is 11.1. The van der Waals surface area contributed by atoms with Crippen LogP contribution >= 0.6 is 0 Å². The molecule has 0 bridgehead atoms. The molecule has 1 rings (SSSR count). The summed E-state index contributed by atoms with van der Waals surface area (Å²) in [6.45, 7) is 4.75. The zero-order valence-electron chi connectivity index (χ0n) is 20.8. The van der Waals surface area contributed by atoms with Gasteiger partial charge < -0.3 is 4.48 Å². The van der Waals surface area contributed by atoms with Crippen LogP contribution in [0.4, 0.5) is 0 Å². The fourth-order valence-corrected chi connectivity index (χ4v) is 3.89. The lowest BCUT2D eigenvalue weighted by atomic mass is 10.0. The quantitative estimate of drug-likeness (QED) is 0.153. The van der Waals surface area contributed by atoms with Gasteiger partial charge in [-0.05, 0) is 12.8 Å². The van der Waals surface area contributed by atoms with Crippen molar-refractivity contribution in [3.05, 3.63) is 35.9 Å². The molecular formula is C26H50NO3S+. The largest absolute Gasteiger partial charge is 0.325 e. The Labute approximate surface area is 193 Å². The van der Waals surface area contributed by atoms with E-state index in [0.29, 0.717) is 6.26 Å². The zero-order chi connectivity index (χ0) is 23.4. The van der Waals surface area contributed by atoms with Crippen LogP contribution in [-0.4, -0.2) is 44.3 Å². The number of hydrogen-bond donors (Lipinski definition) is 1. The van der Waals surface area contributed by atoms with Crippen molar-refractivity contribution in [3.8, 4) is 0 Å². The predicted octanol–water partition coefficient (Wildman–Crippen LogP) is 7.25. The Morgan fingerprint density at radius 1 is 0.710 bits per heavy atom. The van der Waals surface area contributed by atoms with Gasteiger partial charge in [0.2, 0.25) is 0 Å². The van der Waals surface area contributed by atoms with Gasteiger partial charge in [0.25, 0.3) is 10.1 Å². The van der Waals surface area contributed by atoms with Crippen LogP contribution in [0.3, 0.4) is 0 Å². The summed E-state index contributed by atoms with van der Waals surface area (Å²) >= 11 is 0. The topological polar surface area (TPSA) is 54.4 Å². The minimum absolute atomic E-state index is 0.715. The normalized spacial score (nSPS) is 11.8. The standard InChI is InChI=1S/C25H46N.CH4O3S/c1-4-5-6-7-8-9-10-11-12-13-14-15-16-20-23-26(2,3)24-25-21-18-17-19-22-25;1-5(2,3)4/h17-19,21-22H,4-16,20,23-24H2,1-3H3;1H3,(H,2,3,4)/q+1;. The summed E-state index contributed by atoms with van der Waals surface area (Å²) in [4.78, 5) is 0. The summed E-state index contributed by atoms with van der Waals surface area (Å²) in [7, 11) is 1.07. The zero-order valence-corrected chi connectivity index (χ0v) is 21.6. The number of nitrogens with zero attached hydrogens (tertiary/aromatic N) is 1. The van der Waals surface area contributed by atoms with Gasteiger partial charge in [-0.1, -0.05) is 114 Å². The maximum atomic E-state index is 9.19. The van der Waals surface area contributed by atoms with Crippen LogP contribution in [0.1, 0.15) is 102 Å². The monoisotopic (exact) mass is 456 g/mol. The van der Waals surface area contributed by atoms with Crippen LogP contribution in [0.25, 0.3) is 0 Å². The smallest absolute Gasteiger partial charge is 0.261 e. The highest BCUT2D eigenvalue weighted by molar-refractivity contribution is 7.85. The van der Waals surface area contributed by atoms with Crippen LogP contribution in [0, 0.1) is 0 Å². The van der Waals surface area contributed by atoms with Gasteiger partial charge in [0, 0.05) is 5.56 Å². The third kappa shape index (κ3) is 25.2. The molecule has 1 aromatic carbocycles. The van der Waals surface area contributed by atoms with E-state index in [4.69, 9.17) is 4.55 Å². The fraction of sp³-hybridized carbons (Fsp3) is 0.769. The van der Waals surface area contributed by atoms with Crippen molar-refractivity contribution in [1.29, 1.82) is 0 Å². The first-order valence-electron chi connectivity index (χ1n) is 12.4. The molecule has 0 aliphatic heterocycles. The average molecular weight is 457 g/mol. The molecule has 182 valence electrons. The highest BCUT2D eigenvalue weighted by Gasteiger charge is 2.14. The Morgan fingerprint density at radius 2 is 1.06 bits per heavy atom. The third-order valence-electron chi connectivity index (χ3n) is 5.57. The van der Waals surface area contributed by atoms with Crippen LogP contribution in [0.5, 0.6) is 0 Å². The van der Waals surface area contributed by atoms with Crippen LogP contribution in [-0.2, 0) is 16.7 Å². The second kappa shape index (κ2) is 18.6. The number of benzene rings is 1. The SMILES string of the molecule is CCCCCCCCCCCCCCCC[N+](C)(C)Cc1ccccc1.CS(=O)(=O)O. The molecule has 0 heterocycles. The van der Waals surface area contributed by atoms with Gasteiger partial charge in [-0.2, -0.15) is 8.42 Å². The van der Waals surface area contributed by atoms with E-state index in [9.17, 15) is 8.42 Å². The van der Waals surface area contributed by atoms with Crippen molar-refractivity contribution in [2.24, 2.45) is 0 Å². The summed E-state index contributed by atoms with van der Waals surface area (Å²) < 4.78 is 27.0. The predicted molar refractivity (Wildman–Crippen MR) is 135 cm³/mol. The molecule has 0 fully saturated rings. The van der Waals surface area contributed by atoms with Gasteiger partial charge in [0.05, 0.1) is 26.9 Å². The molecule has 0 atom stereocenters. The van der Waals surface area contributed by atoms with Crippen molar-refractivity contribution in [2.45, 2.75) is 103 Å². The molecular weight excluding hydrogens is 406 g/mol. The molecule has 1 aromatic rings. The summed E-state index contributed by atoms with van der Waals surface area (Å²) in [5.74, 6) is 0. The number of unbranched alkanes of at least 4 members (excludes halogenated alkanes) is 13. The molecule has 0 unspecified atom stereocenters. The minimum Gasteiger partial charge on any atom is -0.325 e. The lowest BCUT2D eigenvalue weighted by Gasteiger charge is -2.30. The van der Waals surface area contributed by atoms with E-state index in [2.05, 4.69) is 51.4 Å². The van der Waals surface area contributed by atoms with E-state index in [-0.39, 0.29) is 0 Å². The van der Waals surface area contributed by atoms with E-state index in [0.717, 1.165) is 11.0 Å². The van der Waals surface area contributed by atoms with Crippen LogP contribution in [0.15, 0.2) is 30.3 Å². The molecule has 0 aromatic heterocycles. The Kier molecular flexibility index (Phi) is 18.1. The van der Waals surface area contributed by atoms with E-state index < -0.39 is 10.1 Å². The molecule has 0 saturated carbocycles. The summed E-state index contributed by atoms with van der Waals surface area (Å²) in [5.41, 5.74) is 1.46.